The zero-order valence-electron chi connectivity index (χ0n) is 23.2. The molecule has 10 nitrogen and oxygen atoms in total. The second kappa shape index (κ2) is 14.5. The molecule has 0 aliphatic carbocycles. The van der Waals surface area contributed by atoms with Crippen molar-refractivity contribution >= 4 is 42.6 Å². The number of carbonyl (C=O) groups excluding carboxylic acids is 2. The average Bonchev–Trinajstić information content (AvgIpc) is 3.29. The number of hydrogen-bond donors (Lipinski definition) is 2. The molecule has 1 aromatic heterocycles. The second-order valence-corrected chi connectivity index (χ2v) is 9.93. The molecule has 222 valence electrons. The van der Waals surface area contributed by atoms with Crippen molar-refractivity contribution in [2.75, 3.05) is 13.2 Å². The zero-order chi connectivity index (χ0) is 31.0. The Hall–Kier alpha value is -4.39. The molecule has 42 heavy (non-hydrogen) atoms. The molecule has 2 amide bonds. The van der Waals surface area contributed by atoms with Crippen LogP contribution in [0.5, 0.6) is 0 Å². The number of carbonyl (C=O) groups is 2. The van der Waals surface area contributed by atoms with Crippen molar-refractivity contribution in [3.05, 3.63) is 69.8 Å². The summed E-state index contributed by atoms with van der Waals surface area (Å²) in [5.74, 6) is -1.58. The molecule has 1 aliphatic rings. The van der Waals surface area contributed by atoms with Crippen LogP contribution in [0, 0.1) is 11.7 Å². The lowest BCUT2D eigenvalue weighted by molar-refractivity contribution is -0.127. The topological polar surface area (TPSA) is 138 Å². The van der Waals surface area contributed by atoms with Crippen LogP contribution in [-0.2, 0) is 4.79 Å². The van der Waals surface area contributed by atoms with Gasteiger partial charge >= 0.3 is 0 Å². The second-order valence-electron chi connectivity index (χ2n) is 9.52. The van der Waals surface area contributed by atoms with Crippen molar-refractivity contribution in [2.45, 2.75) is 39.7 Å². The van der Waals surface area contributed by atoms with E-state index in [9.17, 15) is 22.8 Å². The highest BCUT2D eigenvalue weighted by molar-refractivity contribution is 6.31. The highest BCUT2D eigenvalue weighted by Crippen LogP contribution is 2.35. The number of aliphatic imine (C=N–C) groups is 3. The van der Waals surface area contributed by atoms with Gasteiger partial charge < -0.3 is 16.0 Å². The van der Waals surface area contributed by atoms with E-state index in [2.05, 4.69) is 37.0 Å². The van der Waals surface area contributed by atoms with Gasteiger partial charge in [-0.15, -0.1) is 0 Å². The van der Waals surface area contributed by atoms with E-state index < -0.39 is 35.3 Å². The lowest BCUT2D eigenvalue weighted by Gasteiger charge is -2.14. The largest absolute Gasteiger partial charge is 0.403 e. The maximum absolute atomic E-state index is 14.7. The van der Waals surface area contributed by atoms with Crippen molar-refractivity contribution < 1.29 is 22.8 Å². The van der Waals surface area contributed by atoms with Gasteiger partial charge in [-0.2, -0.15) is 0 Å². The standard InChI is InChI=1S/C28H30ClF3N8O2/c1-15-7-24(41)40(13-15)14-36-10-20(16(2)34-4)17(3)37-9-18(8-33)38-28(42)23-12-35-11-22(39-23)25-19(27(31)32)5-6-21(29)26(25)30/h5-6,8-12,15,17,27H,4,7,13-14,33H2,1-3H3,(H,38,42)/b18-8?,20-16+,36-10?,37-9?/t15?,17-/m0/s1. The summed E-state index contributed by atoms with van der Waals surface area (Å²) in [7, 11) is 0. The van der Waals surface area contributed by atoms with Crippen LogP contribution in [0.15, 0.2) is 62.7 Å². The molecule has 2 heterocycles. The molecule has 3 rings (SSSR count). The van der Waals surface area contributed by atoms with Gasteiger partial charge in [0, 0.05) is 54.0 Å². The predicted octanol–water partition coefficient (Wildman–Crippen LogP) is 4.73. The van der Waals surface area contributed by atoms with Gasteiger partial charge in [0.05, 0.1) is 34.8 Å². The number of nitrogens with two attached hydrogens (primary N) is 1. The number of rotatable bonds is 11. The Morgan fingerprint density at radius 1 is 1.33 bits per heavy atom. The smallest absolute Gasteiger partial charge is 0.275 e. The Balaban J connectivity index is 1.76. The third-order valence-electron chi connectivity index (χ3n) is 6.36. The zero-order valence-corrected chi connectivity index (χ0v) is 23.9. The molecule has 0 bridgehead atoms. The molecule has 1 aliphatic heterocycles. The van der Waals surface area contributed by atoms with Gasteiger partial charge in [0.2, 0.25) is 5.91 Å². The summed E-state index contributed by atoms with van der Waals surface area (Å²) >= 11 is 5.79. The molecule has 0 saturated carbocycles. The van der Waals surface area contributed by atoms with E-state index in [1.807, 2.05) is 6.92 Å². The van der Waals surface area contributed by atoms with E-state index >= 15 is 0 Å². The number of allylic oxidation sites excluding steroid dienone is 2. The van der Waals surface area contributed by atoms with E-state index in [0.29, 0.717) is 24.2 Å². The Morgan fingerprint density at radius 2 is 2.07 bits per heavy atom. The molecule has 3 N–H and O–H groups in total. The number of aromatic nitrogens is 2. The fourth-order valence-electron chi connectivity index (χ4n) is 4.13. The first kappa shape index (κ1) is 32.1. The minimum absolute atomic E-state index is 0.0469. The highest BCUT2D eigenvalue weighted by atomic mass is 35.5. The molecule has 1 unspecified atom stereocenters. The van der Waals surface area contributed by atoms with Gasteiger partial charge in [-0.3, -0.25) is 29.6 Å². The van der Waals surface area contributed by atoms with Crippen LogP contribution in [0.4, 0.5) is 13.2 Å². The lowest BCUT2D eigenvalue weighted by Crippen LogP contribution is -2.26. The first-order valence-electron chi connectivity index (χ1n) is 12.8. The number of likely N-dealkylation sites (tertiary alicyclic amines) is 1. The molecule has 2 atom stereocenters. The number of halogens is 4. The summed E-state index contributed by atoms with van der Waals surface area (Å²) in [5.41, 5.74) is 5.15. The van der Waals surface area contributed by atoms with Gasteiger partial charge in [-0.25, -0.2) is 18.2 Å². The Bertz CT molecular complexity index is 1480. The molecule has 1 saturated heterocycles. The van der Waals surface area contributed by atoms with Gasteiger partial charge in [0.15, 0.2) is 5.82 Å². The quantitative estimate of drug-likeness (QED) is 0.358. The highest BCUT2D eigenvalue weighted by Gasteiger charge is 2.26. The number of alkyl halides is 2. The van der Waals surface area contributed by atoms with Crippen LogP contribution in [-0.4, -0.2) is 65.1 Å². The number of benzene rings is 1. The number of nitrogens with one attached hydrogen (secondary N) is 1. The fourth-order valence-corrected chi connectivity index (χ4v) is 4.28. The van der Waals surface area contributed by atoms with Crippen molar-refractivity contribution in [1.82, 2.24) is 20.2 Å². The van der Waals surface area contributed by atoms with Crippen LogP contribution in [0.1, 0.15) is 49.7 Å². The summed E-state index contributed by atoms with van der Waals surface area (Å²) in [6.07, 6.45) is 3.58. The maximum Gasteiger partial charge on any atom is 0.275 e. The summed E-state index contributed by atoms with van der Waals surface area (Å²) < 4.78 is 41.8. The van der Waals surface area contributed by atoms with E-state index in [4.69, 9.17) is 17.3 Å². The van der Waals surface area contributed by atoms with E-state index in [-0.39, 0.29) is 40.6 Å². The van der Waals surface area contributed by atoms with Gasteiger partial charge in [-0.05, 0) is 32.5 Å². The van der Waals surface area contributed by atoms with Crippen molar-refractivity contribution in [2.24, 2.45) is 26.6 Å². The maximum atomic E-state index is 14.7. The van der Waals surface area contributed by atoms with Crippen LogP contribution in [0.25, 0.3) is 11.3 Å². The molecule has 1 aromatic carbocycles. The fraction of sp³-hybridized carbons (Fsp3) is 0.321. The summed E-state index contributed by atoms with van der Waals surface area (Å²) in [6, 6.07) is 1.50. The van der Waals surface area contributed by atoms with Gasteiger partial charge in [0.1, 0.15) is 12.4 Å². The number of hydrogen-bond acceptors (Lipinski definition) is 8. The molecular formula is C28H30ClF3N8O2. The molecule has 2 aromatic rings. The minimum Gasteiger partial charge on any atom is -0.403 e. The van der Waals surface area contributed by atoms with Gasteiger partial charge in [-0.1, -0.05) is 24.6 Å². The molecular weight excluding hydrogens is 573 g/mol. The lowest BCUT2D eigenvalue weighted by atomic mass is 10.0. The van der Waals surface area contributed by atoms with E-state index in [1.165, 1.54) is 6.21 Å². The normalized spacial score (nSPS) is 17.3. The summed E-state index contributed by atoms with van der Waals surface area (Å²) in [5, 5.41) is 2.11. The average molecular weight is 603 g/mol. The summed E-state index contributed by atoms with van der Waals surface area (Å²) in [6.45, 7) is 9.90. The van der Waals surface area contributed by atoms with Crippen molar-refractivity contribution in [1.29, 1.82) is 0 Å². The van der Waals surface area contributed by atoms with Crippen LogP contribution >= 0.6 is 11.6 Å². The first-order valence-corrected chi connectivity index (χ1v) is 13.1. The van der Waals surface area contributed by atoms with E-state index in [0.717, 1.165) is 30.7 Å². The van der Waals surface area contributed by atoms with E-state index in [1.54, 1.807) is 25.0 Å². The van der Waals surface area contributed by atoms with Gasteiger partial charge in [0.25, 0.3) is 12.3 Å². The third kappa shape index (κ3) is 7.87. The molecule has 0 spiro atoms. The molecule has 14 heteroatoms. The molecule has 1 fully saturated rings. The van der Waals surface area contributed by atoms with Crippen LogP contribution < -0.4 is 11.1 Å². The van der Waals surface area contributed by atoms with Crippen LogP contribution in [0.2, 0.25) is 5.02 Å². The molecule has 0 radical (unpaired) electrons. The number of amides is 2. The Labute approximate surface area is 246 Å². The Morgan fingerprint density at radius 3 is 2.69 bits per heavy atom. The van der Waals surface area contributed by atoms with Crippen molar-refractivity contribution in [3.8, 4) is 11.3 Å². The minimum atomic E-state index is -3.02. The predicted molar refractivity (Wildman–Crippen MR) is 156 cm³/mol. The number of nitrogens with zero attached hydrogens (tertiary/aromatic N) is 6. The first-order chi connectivity index (χ1) is 20.0. The summed E-state index contributed by atoms with van der Waals surface area (Å²) in [4.78, 5) is 47.2. The van der Waals surface area contributed by atoms with Crippen molar-refractivity contribution in [3.63, 3.8) is 0 Å². The van der Waals surface area contributed by atoms with Crippen LogP contribution in [0.3, 0.4) is 0 Å². The third-order valence-corrected chi connectivity index (χ3v) is 6.65. The SMILES string of the molecule is C=N/C(C)=C(\C=NCN1CC(C)CC1=O)[C@H](C)N=CC(=CN)NC(=O)c1cncc(-c2c(C(F)F)ccc(Cl)c2F)n1. The Kier molecular flexibility index (Phi) is 11.1. The monoisotopic (exact) mass is 602 g/mol.